The lowest BCUT2D eigenvalue weighted by atomic mass is 10.1. The summed E-state index contributed by atoms with van der Waals surface area (Å²) in [5.41, 5.74) is 6.20. The number of aryl methyl sites for hydroxylation is 1. The van der Waals surface area contributed by atoms with Crippen LogP contribution >= 0.6 is 0 Å². The van der Waals surface area contributed by atoms with Crippen molar-refractivity contribution in [3.63, 3.8) is 0 Å². The Kier molecular flexibility index (Phi) is 3.93. The monoisotopic (exact) mass is 218 g/mol. The minimum Gasteiger partial charge on any atom is -0.417 e. The molecule has 1 atom stereocenters. The maximum Gasteiger partial charge on any atom is 0.388 e. The Balaban J connectivity index is 2.88. The predicted octanol–water partition coefficient (Wildman–Crippen LogP) is 0.984. The van der Waals surface area contributed by atoms with Crippen LogP contribution in [0.1, 0.15) is 17.4 Å². The first kappa shape index (κ1) is 11.8. The van der Waals surface area contributed by atoms with Gasteiger partial charge in [-0.1, -0.05) is 0 Å². The second-order valence-corrected chi connectivity index (χ2v) is 2.95. The minimum atomic E-state index is -2.90. The summed E-state index contributed by atoms with van der Waals surface area (Å²) in [5, 5.41) is 9.43. The summed E-state index contributed by atoms with van der Waals surface area (Å²) in [5.74, 6) is -0.171. The molecular weight excluding hydrogens is 206 g/mol. The van der Waals surface area contributed by atoms with Gasteiger partial charge in [-0.2, -0.15) is 8.78 Å². The molecule has 0 spiro atoms. The Labute approximate surface area is 85.7 Å². The van der Waals surface area contributed by atoms with E-state index in [0.717, 1.165) is 0 Å². The Morgan fingerprint density at radius 1 is 1.53 bits per heavy atom. The van der Waals surface area contributed by atoms with E-state index in [2.05, 4.69) is 9.72 Å². The lowest BCUT2D eigenvalue weighted by molar-refractivity contribution is -0.0529. The van der Waals surface area contributed by atoms with E-state index in [-0.39, 0.29) is 12.4 Å². The molecule has 0 fully saturated rings. The molecule has 3 N–H and O–H groups in total. The number of nitrogens with zero attached hydrogens (tertiary/aromatic N) is 1. The van der Waals surface area contributed by atoms with Gasteiger partial charge < -0.3 is 15.6 Å². The first-order valence-corrected chi connectivity index (χ1v) is 4.35. The van der Waals surface area contributed by atoms with Crippen LogP contribution in [0.25, 0.3) is 0 Å². The zero-order valence-electron chi connectivity index (χ0n) is 8.15. The molecule has 1 rings (SSSR count). The van der Waals surface area contributed by atoms with Crippen molar-refractivity contribution in [1.82, 2.24) is 4.98 Å². The number of aromatic nitrogens is 1. The van der Waals surface area contributed by atoms with Crippen LogP contribution in [0.3, 0.4) is 0 Å². The van der Waals surface area contributed by atoms with Gasteiger partial charge in [-0.15, -0.1) is 0 Å². The summed E-state index contributed by atoms with van der Waals surface area (Å²) in [6, 6.07) is 2.74. The number of hydrogen-bond donors (Lipinski definition) is 2. The van der Waals surface area contributed by atoms with Gasteiger partial charge in [0.15, 0.2) is 0 Å². The van der Waals surface area contributed by atoms with Gasteiger partial charge in [0.1, 0.15) is 0 Å². The third kappa shape index (κ3) is 3.10. The zero-order chi connectivity index (χ0) is 11.4. The molecule has 1 heterocycles. The summed E-state index contributed by atoms with van der Waals surface area (Å²) in [7, 11) is 0. The Morgan fingerprint density at radius 2 is 2.20 bits per heavy atom. The minimum absolute atomic E-state index is 0.0531. The zero-order valence-corrected chi connectivity index (χ0v) is 8.15. The molecule has 0 amide bonds. The maximum absolute atomic E-state index is 11.8. The van der Waals surface area contributed by atoms with E-state index < -0.39 is 12.7 Å². The number of halogens is 2. The number of hydrogen-bond acceptors (Lipinski definition) is 4. The van der Waals surface area contributed by atoms with Crippen LogP contribution < -0.4 is 10.5 Å². The molecule has 1 aromatic heterocycles. The van der Waals surface area contributed by atoms with Crippen molar-refractivity contribution in [2.75, 3.05) is 6.54 Å². The standard InChI is InChI=1S/C9H12F2N2O2/c1-5-6(7(14)4-12)2-3-8(13-5)15-9(10)11/h2-3,7,9,14H,4,12H2,1H3. The third-order valence-electron chi connectivity index (χ3n) is 1.89. The van der Waals surface area contributed by atoms with E-state index in [9.17, 15) is 13.9 Å². The number of aliphatic hydroxyl groups is 1. The van der Waals surface area contributed by atoms with Gasteiger partial charge in [-0.05, 0) is 13.0 Å². The van der Waals surface area contributed by atoms with Crippen molar-refractivity contribution in [3.8, 4) is 5.88 Å². The van der Waals surface area contributed by atoms with Gasteiger partial charge in [-0.25, -0.2) is 4.98 Å². The lowest BCUT2D eigenvalue weighted by Gasteiger charge is -2.12. The van der Waals surface area contributed by atoms with Crippen LogP contribution in [0.2, 0.25) is 0 Å². The first-order valence-electron chi connectivity index (χ1n) is 4.35. The fraction of sp³-hybridized carbons (Fsp3) is 0.444. The smallest absolute Gasteiger partial charge is 0.388 e. The topological polar surface area (TPSA) is 68.4 Å². The average Bonchev–Trinajstić information content (AvgIpc) is 2.16. The summed E-state index contributed by atoms with van der Waals surface area (Å²) in [6.45, 7) is -1.26. The van der Waals surface area contributed by atoms with Crippen molar-refractivity contribution >= 4 is 0 Å². The van der Waals surface area contributed by atoms with E-state index in [1.165, 1.54) is 12.1 Å². The Bertz CT molecular complexity index is 334. The average molecular weight is 218 g/mol. The summed E-state index contributed by atoms with van der Waals surface area (Å²) < 4.78 is 27.8. The molecule has 0 bridgehead atoms. The molecule has 0 aromatic carbocycles. The van der Waals surface area contributed by atoms with E-state index in [1.54, 1.807) is 6.92 Å². The highest BCUT2D eigenvalue weighted by molar-refractivity contribution is 5.27. The molecule has 6 heteroatoms. The van der Waals surface area contributed by atoms with Crippen LogP contribution in [-0.2, 0) is 0 Å². The Hall–Kier alpha value is -1.27. The molecule has 1 unspecified atom stereocenters. The van der Waals surface area contributed by atoms with Crippen molar-refractivity contribution in [1.29, 1.82) is 0 Å². The highest BCUT2D eigenvalue weighted by Crippen LogP contribution is 2.19. The largest absolute Gasteiger partial charge is 0.417 e. The van der Waals surface area contributed by atoms with Crippen molar-refractivity contribution in [2.24, 2.45) is 5.73 Å². The van der Waals surface area contributed by atoms with Gasteiger partial charge in [-0.3, -0.25) is 0 Å². The number of rotatable bonds is 4. The number of ether oxygens (including phenoxy) is 1. The molecule has 1 aromatic rings. The highest BCUT2D eigenvalue weighted by Gasteiger charge is 2.12. The van der Waals surface area contributed by atoms with Gasteiger partial charge >= 0.3 is 6.61 Å². The first-order chi connectivity index (χ1) is 7.04. The molecule has 15 heavy (non-hydrogen) atoms. The normalized spacial score (nSPS) is 12.9. The van der Waals surface area contributed by atoms with Gasteiger partial charge in [0.05, 0.1) is 6.10 Å². The number of nitrogens with two attached hydrogens (primary N) is 1. The molecular formula is C9H12F2N2O2. The Morgan fingerprint density at radius 3 is 2.67 bits per heavy atom. The SMILES string of the molecule is Cc1nc(OC(F)F)ccc1C(O)CN. The number of alkyl halides is 2. The molecule has 0 saturated heterocycles. The van der Waals surface area contributed by atoms with Crippen LogP contribution in [0, 0.1) is 6.92 Å². The molecule has 4 nitrogen and oxygen atoms in total. The van der Waals surface area contributed by atoms with E-state index >= 15 is 0 Å². The van der Waals surface area contributed by atoms with E-state index in [4.69, 9.17) is 5.73 Å². The third-order valence-corrected chi connectivity index (χ3v) is 1.89. The van der Waals surface area contributed by atoms with Gasteiger partial charge in [0, 0.05) is 23.9 Å². The number of pyridine rings is 1. The lowest BCUT2D eigenvalue weighted by Crippen LogP contribution is -2.14. The van der Waals surface area contributed by atoms with Crippen molar-refractivity contribution < 1.29 is 18.6 Å². The maximum atomic E-state index is 11.8. The highest BCUT2D eigenvalue weighted by atomic mass is 19.3. The van der Waals surface area contributed by atoms with Crippen LogP contribution in [-0.4, -0.2) is 23.2 Å². The van der Waals surface area contributed by atoms with Crippen LogP contribution in [0.15, 0.2) is 12.1 Å². The molecule has 0 aliphatic heterocycles. The fourth-order valence-corrected chi connectivity index (χ4v) is 1.18. The van der Waals surface area contributed by atoms with E-state index in [1.807, 2.05) is 0 Å². The van der Waals surface area contributed by atoms with Crippen LogP contribution in [0.4, 0.5) is 8.78 Å². The van der Waals surface area contributed by atoms with Crippen LogP contribution in [0.5, 0.6) is 5.88 Å². The molecule has 0 saturated carbocycles. The van der Waals surface area contributed by atoms with Gasteiger partial charge in [0.2, 0.25) is 5.88 Å². The molecule has 84 valence electrons. The molecule has 0 aliphatic rings. The quantitative estimate of drug-likeness (QED) is 0.790. The molecule has 0 radical (unpaired) electrons. The summed E-state index contributed by atoms with van der Waals surface area (Å²) >= 11 is 0. The second-order valence-electron chi connectivity index (χ2n) is 2.95. The second kappa shape index (κ2) is 4.99. The van der Waals surface area contributed by atoms with Crippen molar-refractivity contribution in [3.05, 3.63) is 23.4 Å². The van der Waals surface area contributed by atoms with Crippen molar-refractivity contribution in [2.45, 2.75) is 19.6 Å². The molecule has 0 aliphatic carbocycles. The van der Waals surface area contributed by atoms with Gasteiger partial charge in [0.25, 0.3) is 0 Å². The van der Waals surface area contributed by atoms with E-state index in [0.29, 0.717) is 11.3 Å². The summed E-state index contributed by atoms with van der Waals surface area (Å²) in [6.07, 6.45) is -0.835. The predicted molar refractivity (Wildman–Crippen MR) is 49.6 cm³/mol. The fourth-order valence-electron chi connectivity index (χ4n) is 1.18. The summed E-state index contributed by atoms with van der Waals surface area (Å²) in [4.78, 5) is 3.76. The number of aliphatic hydroxyl groups excluding tert-OH is 1.